The Balaban J connectivity index is 2.09. The Morgan fingerprint density at radius 2 is 1.40 bits per heavy atom. The zero-order valence-corrected chi connectivity index (χ0v) is 26.6. The van der Waals surface area contributed by atoms with Gasteiger partial charge in [-0.15, -0.1) is 0 Å². The Bertz CT molecular complexity index is 1370. The number of carbonyl (C=O) groups excluding carboxylic acids is 4. The van der Waals surface area contributed by atoms with Gasteiger partial charge in [0.05, 0.1) is 12.6 Å². The monoisotopic (exact) mass is 654 g/mol. The molecule has 4 atom stereocenters. The number of rotatable bonds is 19. The standard InChI is InChI=1S/C32H46N8O7/c1-19(2)15-26(31(46)47)40-30(45)25(17-20-7-4-3-5-8-20)38-27(42)18-37-29(44)24(9-6-14-36-32(34)35)39-28(43)23(33)16-21-10-12-22(41)13-11-21/h3-5,7-8,10-13,19,23-26,41H,6,9,14-18,33H2,1-2H3,(H,37,44)(H,38,42)(H,39,43)(H,40,45)(H,46,47)(H4,34,35,36)/t23-,24+,25-,26-/m0/s1. The minimum atomic E-state index is -1.19. The summed E-state index contributed by atoms with van der Waals surface area (Å²) < 4.78 is 0. The van der Waals surface area contributed by atoms with E-state index in [1.807, 2.05) is 13.8 Å². The first-order valence-corrected chi connectivity index (χ1v) is 15.3. The minimum Gasteiger partial charge on any atom is -0.508 e. The smallest absolute Gasteiger partial charge is 0.326 e. The Morgan fingerprint density at radius 1 is 0.787 bits per heavy atom. The molecule has 15 heteroatoms. The number of aliphatic carboxylic acids is 1. The number of hydrogen-bond acceptors (Lipinski definition) is 8. The molecule has 2 aromatic carbocycles. The second-order valence-corrected chi connectivity index (χ2v) is 11.5. The molecule has 0 aromatic heterocycles. The molecule has 0 heterocycles. The summed E-state index contributed by atoms with van der Waals surface area (Å²) in [6.07, 6.45) is 0.839. The van der Waals surface area contributed by atoms with Crippen molar-refractivity contribution in [1.82, 2.24) is 21.3 Å². The lowest BCUT2D eigenvalue weighted by atomic mass is 10.0. The van der Waals surface area contributed by atoms with E-state index in [1.54, 1.807) is 42.5 Å². The van der Waals surface area contributed by atoms with E-state index in [4.69, 9.17) is 17.2 Å². The largest absolute Gasteiger partial charge is 0.508 e. The molecule has 0 bridgehead atoms. The van der Waals surface area contributed by atoms with Crippen LogP contribution in [0.15, 0.2) is 59.6 Å². The lowest BCUT2D eigenvalue weighted by Gasteiger charge is -2.23. The molecule has 15 nitrogen and oxygen atoms in total. The Morgan fingerprint density at radius 3 is 2.00 bits per heavy atom. The van der Waals surface area contributed by atoms with Gasteiger partial charge >= 0.3 is 5.97 Å². The molecule has 0 unspecified atom stereocenters. The maximum atomic E-state index is 13.2. The number of guanidine groups is 1. The number of hydrogen-bond donors (Lipinski definition) is 9. The lowest BCUT2D eigenvalue weighted by molar-refractivity contribution is -0.142. The minimum absolute atomic E-state index is 0.0101. The molecular weight excluding hydrogens is 608 g/mol. The maximum absolute atomic E-state index is 13.2. The summed E-state index contributed by atoms with van der Waals surface area (Å²) in [7, 11) is 0. The van der Waals surface area contributed by atoms with Crippen LogP contribution in [0, 0.1) is 5.92 Å². The van der Waals surface area contributed by atoms with Crippen LogP contribution < -0.4 is 38.5 Å². The fourth-order valence-corrected chi connectivity index (χ4v) is 4.59. The van der Waals surface area contributed by atoms with Crippen molar-refractivity contribution >= 4 is 35.6 Å². The van der Waals surface area contributed by atoms with Gasteiger partial charge in [0.1, 0.15) is 23.9 Å². The van der Waals surface area contributed by atoms with E-state index in [1.165, 1.54) is 12.1 Å². The van der Waals surface area contributed by atoms with E-state index >= 15 is 0 Å². The molecule has 0 fully saturated rings. The Labute approximate surface area is 273 Å². The van der Waals surface area contributed by atoms with Gasteiger partial charge in [-0.1, -0.05) is 56.3 Å². The first-order valence-electron chi connectivity index (χ1n) is 15.3. The zero-order chi connectivity index (χ0) is 34.9. The average molecular weight is 655 g/mol. The van der Waals surface area contributed by atoms with E-state index in [9.17, 15) is 34.2 Å². The van der Waals surface area contributed by atoms with Crippen LogP contribution in [0.25, 0.3) is 0 Å². The number of phenols is 1. The van der Waals surface area contributed by atoms with Gasteiger partial charge in [0.25, 0.3) is 0 Å². The fraction of sp³-hybridized carbons (Fsp3) is 0.438. The van der Waals surface area contributed by atoms with Crippen LogP contribution in [0.4, 0.5) is 0 Å². The van der Waals surface area contributed by atoms with Gasteiger partial charge in [-0.25, -0.2) is 4.79 Å². The van der Waals surface area contributed by atoms with Crippen LogP contribution in [-0.2, 0) is 36.8 Å². The van der Waals surface area contributed by atoms with Crippen LogP contribution in [0.2, 0.25) is 0 Å². The highest BCUT2D eigenvalue weighted by Crippen LogP contribution is 2.12. The SMILES string of the molecule is CC(C)C[C@H](NC(=O)[C@H](Cc1ccccc1)NC(=O)CNC(=O)[C@@H](CCCN=C(N)N)NC(=O)[C@@H](N)Cc1ccc(O)cc1)C(=O)O. The molecule has 0 aliphatic carbocycles. The number of nitrogens with zero attached hydrogens (tertiary/aromatic N) is 1. The maximum Gasteiger partial charge on any atom is 0.326 e. The first-order chi connectivity index (χ1) is 22.2. The van der Waals surface area contributed by atoms with Crippen molar-refractivity contribution in [3.63, 3.8) is 0 Å². The molecule has 0 aliphatic rings. The van der Waals surface area contributed by atoms with E-state index in [2.05, 4.69) is 26.3 Å². The molecule has 2 aromatic rings. The van der Waals surface area contributed by atoms with Crippen LogP contribution >= 0.6 is 0 Å². The van der Waals surface area contributed by atoms with Gasteiger partial charge in [0.2, 0.25) is 23.6 Å². The molecule has 0 aliphatic heterocycles. The fourth-order valence-electron chi connectivity index (χ4n) is 4.59. The van der Waals surface area contributed by atoms with E-state index in [-0.39, 0.29) is 49.9 Å². The number of nitrogens with two attached hydrogens (primary N) is 3. The zero-order valence-electron chi connectivity index (χ0n) is 26.6. The predicted molar refractivity (Wildman–Crippen MR) is 176 cm³/mol. The molecule has 47 heavy (non-hydrogen) atoms. The van der Waals surface area contributed by atoms with Gasteiger partial charge in [0, 0.05) is 13.0 Å². The quantitative estimate of drug-likeness (QED) is 0.0520. The summed E-state index contributed by atoms with van der Waals surface area (Å²) in [5.74, 6) is -3.95. The Kier molecular flexibility index (Phi) is 15.7. The highest BCUT2D eigenvalue weighted by atomic mass is 16.4. The molecule has 256 valence electrons. The molecule has 0 saturated carbocycles. The van der Waals surface area contributed by atoms with Crippen molar-refractivity contribution in [2.45, 2.75) is 70.1 Å². The van der Waals surface area contributed by atoms with Crippen LogP contribution in [0.1, 0.15) is 44.2 Å². The third-order valence-corrected chi connectivity index (χ3v) is 6.99. The second-order valence-electron chi connectivity index (χ2n) is 11.5. The molecule has 12 N–H and O–H groups in total. The van der Waals surface area contributed by atoms with Gasteiger partial charge in [-0.2, -0.15) is 0 Å². The third kappa shape index (κ3) is 14.6. The van der Waals surface area contributed by atoms with Crippen molar-refractivity contribution in [2.24, 2.45) is 28.1 Å². The van der Waals surface area contributed by atoms with Crippen molar-refractivity contribution in [3.05, 3.63) is 65.7 Å². The highest BCUT2D eigenvalue weighted by Gasteiger charge is 2.28. The topological polar surface area (TPSA) is 264 Å². The molecule has 2 rings (SSSR count). The summed E-state index contributed by atoms with van der Waals surface area (Å²) in [5.41, 5.74) is 18.2. The summed E-state index contributed by atoms with van der Waals surface area (Å²) >= 11 is 0. The van der Waals surface area contributed by atoms with Crippen molar-refractivity contribution in [2.75, 3.05) is 13.1 Å². The summed E-state index contributed by atoms with van der Waals surface area (Å²) in [6, 6.07) is 10.6. The number of phenolic OH excluding ortho intramolecular Hbond substituents is 1. The summed E-state index contributed by atoms with van der Waals surface area (Å²) in [5, 5.41) is 29.3. The van der Waals surface area contributed by atoms with Gasteiger partial charge in [-0.3, -0.25) is 24.2 Å². The average Bonchev–Trinajstić information content (AvgIpc) is 3.01. The molecule has 0 saturated heterocycles. The van der Waals surface area contributed by atoms with E-state index < -0.39 is 60.3 Å². The van der Waals surface area contributed by atoms with Crippen LogP contribution in [-0.4, -0.2) is 83.0 Å². The first kappa shape index (κ1) is 38.0. The Hall–Kier alpha value is -5.18. The number of carboxylic acid groups (broad SMARTS) is 1. The molecule has 0 radical (unpaired) electrons. The number of carbonyl (C=O) groups is 5. The molecule has 4 amide bonds. The lowest BCUT2D eigenvalue weighted by Crippen LogP contribution is -2.55. The van der Waals surface area contributed by atoms with E-state index in [0.29, 0.717) is 12.0 Å². The highest BCUT2D eigenvalue weighted by molar-refractivity contribution is 5.94. The number of aromatic hydroxyl groups is 1. The van der Waals surface area contributed by atoms with Crippen LogP contribution in [0.3, 0.4) is 0 Å². The van der Waals surface area contributed by atoms with Gasteiger partial charge < -0.3 is 48.7 Å². The number of carboxylic acids is 1. The molecule has 0 spiro atoms. The third-order valence-electron chi connectivity index (χ3n) is 6.99. The normalized spacial score (nSPS) is 13.4. The van der Waals surface area contributed by atoms with Crippen molar-refractivity contribution in [1.29, 1.82) is 0 Å². The summed E-state index contributed by atoms with van der Waals surface area (Å²) in [6.45, 7) is 3.31. The second kappa shape index (κ2) is 19.4. The van der Waals surface area contributed by atoms with Crippen molar-refractivity contribution in [3.8, 4) is 5.75 Å². The van der Waals surface area contributed by atoms with Gasteiger partial charge in [-0.05, 0) is 54.9 Å². The predicted octanol–water partition coefficient (Wildman–Crippen LogP) is -0.740. The van der Waals surface area contributed by atoms with Crippen molar-refractivity contribution < 1.29 is 34.2 Å². The summed E-state index contributed by atoms with van der Waals surface area (Å²) in [4.78, 5) is 67.8. The number of amides is 4. The number of benzene rings is 2. The van der Waals surface area contributed by atoms with Gasteiger partial charge in [0.15, 0.2) is 5.96 Å². The number of nitrogens with one attached hydrogen (secondary N) is 4. The van der Waals surface area contributed by atoms with E-state index in [0.717, 1.165) is 5.56 Å². The number of aliphatic imine (C=N–C) groups is 1. The molecular formula is C32H46N8O7. The van der Waals surface area contributed by atoms with Crippen LogP contribution in [0.5, 0.6) is 5.75 Å².